The normalized spacial score (nSPS) is 10.9. The lowest BCUT2D eigenvalue weighted by atomic mass is 10.1. The molecule has 1 heterocycles. The number of benzene rings is 2. The third kappa shape index (κ3) is 2.48. The van der Waals surface area contributed by atoms with Crippen LogP contribution in [0.2, 0.25) is 0 Å². The molecule has 1 amide bonds. The van der Waals surface area contributed by atoms with Crippen LogP contribution >= 0.6 is 0 Å². The van der Waals surface area contributed by atoms with Crippen molar-refractivity contribution in [1.82, 2.24) is 4.57 Å². The fraction of sp³-hybridized carbons (Fsp3) is 0.167. The van der Waals surface area contributed by atoms with Crippen molar-refractivity contribution >= 4 is 22.5 Å². The van der Waals surface area contributed by atoms with E-state index in [0.717, 1.165) is 16.8 Å². The smallest absolute Gasteiger partial charge is 0.272 e. The topological polar surface area (TPSA) is 34.0 Å². The number of carbonyl (C=O) groups is 1. The number of rotatable bonds is 2. The molecule has 2 aromatic carbocycles. The largest absolute Gasteiger partial charge is 0.340 e. The predicted molar refractivity (Wildman–Crippen MR) is 86.7 cm³/mol. The Labute approximate surface area is 128 Å². The van der Waals surface area contributed by atoms with Crippen molar-refractivity contribution in [2.75, 3.05) is 5.32 Å². The van der Waals surface area contributed by atoms with Crippen LogP contribution in [0.1, 0.15) is 21.6 Å². The van der Waals surface area contributed by atoms with E-state index < -0.39 is 0 Å². The second-order valence-corrected chi connectivity index (χ2v) is 5.59. The average Bonchev–Trinajstić information content (AvgIpc) is 2.77. The summed E-state index contributed by atoms with van der Waals surface area (Å²) in [6.07, 6.45) is 0. The molecule has 0 bridgehead atoms. The van der Waals surface area contributed by atoms with Crippen molar-refractivity contribution in [3.63, 3.8) is 0 Å². The molecule has 0 aliphatic carbocycles. The highest BCUT2D eigenvalue weighted by Gasteiger charge is 2.15. The van der Waals surface area contributed by atoms with Crippen molar-refractivity contribution in [2.24, 2.45) is 7.05 Å². The number of aromatic nitrogens is 1. The van der Waals surface area contributed by atoms with E-state index in [1.54, 1.807) is 29.8 Å². The van der Waals surface area contributed by atoms with Crippen LogP contribution in [0, 0.1) is 19.7 Å². The van der Waals surface area contributed by atoms with E-state index in [1.165, 1.54) is 6.07 Å². The first kappa shape index (κ1) is 14.3. The minimum Gasteiger partial charge on any atom is -0.340 e. The molecule has 0 fully saturated rings. The lowest BCUT2D eigenvalue weighted by Gasteiger charge is -2.08. The standard InChI is InChI=1S/C18H17FN2O/c1-11-7-12(2)9-13(8-11)20-18(22)17-10-14-15(19)5-4-6-16(14)21(17)3/h4-10H,1-3H3,(H,20,22). The van der Waals surface area contributed by atoms with Gasteiger partial charge in [-0.25, -0.2) is 4.39 Å². The van der Waals surface area contributed by atoms with Gasteiger partial charge < -0.3 is 9.88 Å². The minimum absolute atomic E-state index is 0.247. The maximum absolute atomic E-state index is 13.8. The number of nitrogens with one attached hydrogen (secondary N) is 1. The van der Waals surface area contributed by atoms with Gasteiger partial charge in [0.1, 0.15) is 11.5 Å². The molecule has 1 aromatic heterocycles. The Morgan fingerprint density at radius 2 is 1.77 bits per heavy atom. The molecule has 0 aliphatic rings. The number of carbonyl (C=O) groups excluding carboxylic acids is 1. The molecular weight excluding hydrogens is 279 g/mol. The van der Waals surface area contributed by atoms with Gasteiger partial charge in [-0.2, -0.15) is 0 Å². The van der Waals surface area contributed by atoms with Crippen LogP contribution in [0.3, 0.4) is 0 Å². The van der Waals surface area contributed by atoms with E-state index in [1.807, 2.05) is 32.0 Å². The van der Waals surface area contributed by atoms with Crippen LogP contribution in [0.25, 0.3) is 10.9 Å². The van der Waals surface area contributed by atoms with E-state index in [2.05, 4.69) is 5.32 Å². The van der Waals surface area contributed by atoms with Gasteiger partial charge in [0.05, 0.1) is 5.52 Å². The number of aryl methyl sites for hydroxylation is 3. The van der Waals surface area contributed by atoms with Crippen LogP contribution < -0.4 is 5.32 Å². The summed E-state index contributed by atoms with van der Waals surface area (Å²) in [6, 6.07) is 12.3. The van der Waals surface area contributed by atoms with Crippen LogP contribution in [0.5, 0.6) is 0 Å². The quantitative estimate of drug-likeness (QED) is 0.756. The summed E-state index contributed by atoms with van der Waals surface area (Å²) in [5, 5.41) is 3.33. The minimum atomic E-state index is -0.321. The van der Waals surface area contributed by atoms with Crippen molar-refractivity contribution in [2.45, 2.75) is 13.8 Å². The van der Waals surface area contributed by atoms with Crippen molar-refractivity contribution in [1.29, 1.82) is 0 Å². The number of anilines is 1. The first-order valence-corrected chi connectivity index (χ1v) is 7.09. The molecule has 0 aliphatic heterocycles. The summed E-state index contributed by atoms with van der Waals surface area (Å²) in [6.45, 7) is 3.96. The van der Waals surface area contributed by atoms with Gasteiger partial charge in [0, 0.05) is 18.1 Å². The van der Waals surface area contributed by atoms with E-state index >= 15 is 0 Å². The Bertz CT molecular complexity index is 860. The highest BCUT2D eigenvalue weighted by Crippen LogP contribution is 2.23. The Kier molecular flexibility index (Phi) is 3.45. The summed E-state index contributed by atoms with van der Waals surface area (Å²) in [5.74, 6) is -0.568. The highest BCUT2D eigenvalue weighted by atomic mass is 19.1. The Balaban J connectivity index is 1.99. The first-order chi connectivity index (χ1) is 10.5. The summed E-state index contributed by atoms with van der Waals surface area (Å²) >= 11 is 0. The average molecular weight is 296 g/mol. The number of hydrogen-bond acceptors (Lipinski definition) is 1. The maximum Gasteiger partial charge on any atom is 0.272 e. The Hall–Kier alpha value is -2.62. The van der Waals surface area contributed by atoms with Gasteiger partial charge in [-0.1, -0.05) is 12.1 Å². The third-order valence-electron chi connectivity index (χ3n) is 3.75. The molecular formula is C18H17FN2O. The molecule has 112 valence electrons. The Morgan fingerprint density at radius 1 is 1.09 bits per heavy atom. The van der Waals surface area contributed by atoms with Crippen LogP contribution in [-0.2, 0) is 7.05 Å². The summed E-state index contributed by atoms with van der Waals surface area (Å²) in [4.78, 5) is 12.5. The molecule has 0 saturated heterocycles. The number of hydrogen-bond donors (Lipinski definition) is 1. The van der Waals surface area contributed by atoms with Gasteiger partial charge in [0.2, 0.25) is 0 Å². The van der Waals surface area contributed by atoms with Crippen molar-refractivity contribution < 1.29 is 9.18 Å². The second-order valence-electron chi connectivity index (χ2n) is 5.59. The fourth-order valence-corrected chi connectivity index (χ4v) is 2.78. The van der Waals surface area contributed by atoms with E-state index in [-0.39, 0.29) is 11.7 Å². The predicted octanol–water partition coefficient (Wildman–Crippen LogP) is 4.19. The molecule has 0 saturated carbocycles. The zero-order chi connectivity index (χ0) is 15.9. The van der Waals surface area contributed by atoms with E-state index in [9.17, 15) is 9.18 Å². The molecule has 1 N–H and O–H groups in total. The number of amides is 1. The van der Waals surface area contributed by atoms with Gasteiger partial charge in [0.15, 0.2) is 0 Å². The molecule has 0 radical (unpaired) electrons. The number of fused-ring (bicyclic) bond motifs is 1. The molecule has 22 heavy (non-hydrogen) atoms. The zero-order valence-electron chi connectivity index (χ0n) is 12.8. The summed E-state index contributed by atoms with van der Waals surface area (Å²) in [5.41, 5.74) is 4.04. The first-order valence-electron chi connectivity index (χ1n) is 7.09. The lowest BCUT2D eigenvalue weighted by molar-refractivity contribution is 0.102. The molecule has 3 nitrogen and oxygen atoms in total. The molecule has 3 aromatic rings. The van der Waals surface area contributed by atoms with Crippen LogP contribution in [0.15, 0.2) is 42.5 Å². The molecule has 0 unspecified atom stereocenters. The molecule has 3 rings (SSSR count). The van der Waals surface area contributed by atoms with E-state index in [0.29, 0.717) is 16.6 Å². The number of nitrogens with zero attached hydrogens (tertiary/aromatic N) is 1. The van der Waals surface area contributed by atoms with Crippen LogP contribution in [0.4, 0.5) is 10.1 Å². The zero-order valence-corrected chi connectivity index (χ0v) is 12.8. The SMILES string of the molecule is Cc1cc(C)cc(NC(=O)c2cc3c(F)cccc3n2C)c1. The van der Waals surface area contributed by atoms with Crippen molar-refractivity contribution in [3.05, 3.63) is 65.1 Å². The van der Waals surface area contributed by atoms with Gasteiger partial charge in [-0.15, -0.1) is 0 Å². The van der Waals surface area contributed by atoms with Crippen molar-refractivity contribution in [3.8, 4) is 0 Å². The maximum atomic E-state index is 13.8. The molecule has 0 atom stereocenters. The van der Waals surface area contributed by atoms with Gasteiger partial charge >= 0.3 is 0 Å². The highest BCUT2D eigenvalue weighted by molar-refractivity contribution is 6.06. The Morgan fingerprint density at radius 3 is 2.41 bits per heavy atom. The van der Waals surface area contributed by atoms with E-state index in [4.69, 9.17) is 0 Å². The van der Waals surface area contributed by atoms with Gasteiger partial charge in [-0.3, -0.25) is 4.79 Å². The number of halogens is 1. The third-order valence-corrected chi connectivity index (χ3v) is 3.75. The summed E-state index contributed by atoms with van der Waals surface area (Å²) < 4.78 is 15.5. The van der Waals surface area contributed by atoms with Gasteiger partial charge in [-0.05, 0) is 55.3 Å². The lowest BCUT2D eigenvalue weighted by Crippen LogP contribution is -2.15. The summed E-state index contributed by atoms with van der Waals surface area (Å²) in [7, 11) is 1.76. The molecule has 0 spiro atoms. The second kappa shape index (κ2) is 5.30. The molecule has 4 heteroatoms. The van der Waals surface area contributed by atoms with Crippen LogP contribution in [-0.4, -0.2) is 10.5 Å². The fourth-order valence-electron chi connectivity index (χ4n) is 2.78. The van der Waals surface area contributed by atoms with Gasteiger partial charge in [0.25, 0.3) is 5.91 Å². The monoisotopic (exact) mass is 296 g/mol.